The maximum Gasteiger partial charge on any atom is 0.306 e. The molecule has 53 heavy (non-hydrogen) atoms. The Kier molecular flexibility index (Phi) is 16.1. The third-order valence-corrected chi connectivity index (χ3v) is 11.2. The smallest absolute Gasteiger partial charge is 0.306 e. The summed E-state index contributed by atoms with van der Waals surface area (Å²) >= 11 is 1.14. The first-order valence-corrected chi connectivity index (χ1v) is 19.3. The predicted octanol–water partition coefficient (Wildman–Crippen LogP) is 4.38. The number of aromatic nitrogens is 1. The number of likely N-dealkylation sites (N-methyl/N-ethyl adjacent to an activating group) is 2. The highest BCUT2D eigenvalue weighted by Crippen LogP contribution is 2.31. The molecule has 1 saturated heterocycles. The first-order chi connectivity index (χ1) is 24.9. The lowest BCUT2D eigenvalue weighted by molar-refractivity contribution is -0.149. The van der Waals surface area contributed by atoms with E-state index in [1.54, 1.807) is 36.4 Å². The lowest BCUT2D eigenvalue weighted by Crippen LogP contribution is -2.58. The molecule has 1 aromatic carbocycles. The van der Waals surface area contributed by atoms with Crippen molar-refractivity contribution in [3.05, 3.63) is 39.8 Å². The molecule has 3 rings (SSSR count). The highest BCUT2D eigenvalue weighted by atomic mass is 32.1. The SMILES string of the molecule is CC[C@H](C)[C@@H](NC(=O)[C@@H]1CCCCN1C)C(=O)N(C)[C@H](C[C@@H](OC(C)=O)c1nc(C(=O)N[C@@H](Cc2ccc(O)c(N)c2)CC(C)C(=O)O)cs1)C(C)C. The van der Waals surface area contributed by atoms with E-state index in [-0.39, 0.29) is 66.1 Å². The average Bonchev–Trinajstić information content (AvgIpc) is 3.60. The molecule has 294 valence electrons. The van der Waals surface area contributed by atoms with Crippen LogP contribution in [0.3, 0.4) is 0 Å². The van der Waals surface area contributed by atoms with E-state index in [0.717, 1.165) is 37.1 Å². The minimum Gasteiger partial charge on any atom is -0.506 e. The highest BCUT2D eigenvalue weighted by Gasteiger charge is 2.37. The summed E-state index contributed by atoms with van der Waals surface area (Å²) in [5, 5.41) is 27.3. The van der Waals surface area contributed by atoms with Crippen LogP contribution in [0.15, 0.2) is 23.6 Å². The summed E-state index contributed by atoms with van der Waals surface area (Å²) in [7, 11) is 3.63. The van der Waals surface area contributed by atoms with Crippen molar-refractivity contribution in [1.82, 2.24) is 25.4 Å². The third kappa shape index (κ3) is 12.1. The second kappa shape index (κ2) is 19.7. The number of carboxylic acids is 1. The van der Waals surface area contributed by atoms with Gasteiger partial charge >= 0.3 is 11.9 Å². The Morgan fingerprint density at radius 2 is 1.81 bits per heavy atom. The molecule has 1 aliphatic heterocycles. The number of benzene rings is 1. The van der Waals surface area contributed by atoms with Gasteiger partial charge in [-0.25, -0.2) is 4.98 Å². The van der Waals surface area contributed by atoms with E-state index in [1.807, 2.05) is 39.6 Å². The fraction of sp³-hybridized carbons (Fsp3) is 0.632. The lowest BCUT2D eigenvalue weighted by Gasteiger charge is -2.38. The third-order valence-electron chi connectivity index (χ3n) is 10.2. The first kappa shape index (κ1) is 43.2. The molecule has 2 aromatic rings. The number of carboxylic acid groups (broad SMARTS) is 1. The van der Waals surface area contributed by atoms with Gasteiger partial charge in [-0.15, -0.1) is 11.3 Å². The fourth-order valence-electron chi connectivity index (χ4n) is 6.75. The van der Waals surface area contributed by atoms with Crippen LogP contribution < -0.4 is 16.4 Å². The number of nitrogens with two attached hydrogens (primary N) is 1. The Balaban J connectivity index is 1.82. The number of nitrogens with one attached hydrogen (secondary N) is 2. The maximum atomic E-state index is 14.2. The Morgan fingerprint density at radius 3 is 2.40 bits per heavy atom. The number of thiazole rings is 1. The number of piperidine rings is 1. The van der Waals surface area contributed by atoms with Crippen LogP contribution >= 0.6 is 11.3 Å². The van der Waals surface area contributed by atoms with E-state index in [9.17, 15) is 34.2 Å². The summed E-state index contributed by atoms with van der Waals surface area (Å²) in [6, 6.07) is 2.61. The second-order valence-electron chi connectivity index (χ2n) is 14.8. The molecule has 2 heterocycles. The van der Waals surface area contributed by atoms with Crippen molar-refractivity contribution in [3.8, 4) is 5.75 Å². The number of nitrogen functional groups attached to an aromatic ring is 1. The summed E-state index contributed by atoms with van der Waals surface area (Å²) in [4.78, 5) is 73.4. The van der Waals surface area contributed by atoms with Gasteiger partial charge in [0.1, 0.15) is 22.5 Å². The Hall–Kier alpha value is -4.24. The highest BCUT2D eigenvalue weighted by molar-refractivity contribution is 7.09. The molecule has 0 aliphatic carbocycles. The van der Waals surface area contributed by atoms with Crippen LogP contribution in [0, 0.1) is 17.8 Å². The van der Waals surface area contributed by atoms with Crippen molar-refractivity contribution >= 4 is 46.7 Å². The Labute approximate surface area is 316 Å². The Bertz CT molecular complexity index is 1580. The summed E-state index contributed by atoms with van der Waals surface area (Å²) in [5.74, 6) is -3.53. The molecule has 15 heteroatoms. The average molecular weight is 759 g/mol. The zero-order valence-corrected chi connectivity index (χ0v) is 33.1. The van der Waals surface area contributed by atoms with Gasteiger partial charge in [0.25, 0.3) is 5.91 Å². The van der Waals surface area contributed by atoms with Gasteiger partial charge in [-0.2, -0.15) is 0 Å². The standard InChI is InChI=1S/C38H58N6O8S/c1-9-22(4)33(42-35(48)29-12-10-11-15-43(29)7)37(49)44(8)30(21(2)3)19-32(52-24(6)45)36-41-28(20-53-36)34(47)40-26(16-23(5)38(50)51)17-25-13-14-31(46)27(39)18-25/h13-14,18,20-23,26,29-30,32-33,46H,9-12,15-17,19,39H2,1-8H3,(H,40,47)(H,42,48)(H,50,51)/t22-,23?,26+,29-,30+,32+,33+/m0/s1. The number of phenols is 1. The van der Waals surface area contributed by atoms with Crippen molar-refractivity contribution in [2.75, 3.05) is 26.4 Å². The van der Waals surface area contributed by atoms with E-state index >= 15 is 0 Å². The fourth-order valence-corrected chi connectivity index (χ4v) is 7.59. The molecule has 1 fully saturated rings. The van der Waals surface area contributed by atoms with E-state index in [1.165, 1.54) is 13.0 Å². The summed E-state index contributed by atoms with van der Waals surface area (Å²) in [6.45, 7) is 11.5. The molecule has 0 spiro atoms. The largest absolute Gasteiger partial charge is 0.506 e. The molecule has 1 aromatic heterocycles. The molecule has 3 amide bonds. The molecule has 0 saturated carbocycles. The summed E-state index contributed by atoms with van der Waals surface area (Å²) < 4.78 is 5.75. The number of esters is 1. The number of hydrogen-bond acceptors (Lipinski definition) is 11. The molecule has 6 N–H and O–H groups in total. The number of carbonyl (C=O) groups is 5. The van der Waals surface area contributed by atoms with Crippen LogP contribution in [0.25, 0.3) is 0 Å². The van der Waals surface area contributed by atoms with Crippen molar-refractivity contribution in [2.24, 2.45) is 17.8 Å². The zero-order valence-electron chi connectivity index (χ0n) is 32.3. The minimum absolute atomic E-state index is 0.0677. The van der Waals surface area contributed by atoms with Crippen molar-refractivity contribution in [1.29, 1.82) is 0 Å². The van der Waals surface area contributed by atoms with E-state index in [2.05, 4.69) is 15.6 Å². The molecule has 14 nitrogen and oxygen atoms in total. The zero-order chi connectivity index (χ0) is 39.6. The Morgan fingerprint density at radius 1 is 1.11 bits per heavy atom. The van der Waals surface area contributed by atoms with Gasteiger partial charge in [0.05, 0.1) is 17.6 Å². The number of aliphatic carboxylic acids is 1. The molecule has 7 atom stereocenters. The molecule has 1 aliphatic rings. The number of nitrogens with zero attached hydrogens (tertiary/aromatic N) is 3. The predicted molar refractivity (Wildman–Crippen MR) is 203 cm³/mol. The number of ether oxygens (including phenoxy) is 1. The molecule has 0 radical (unpaired) electrons. The molecular weight excluding hydrogens is 701 g/mol. The maximum absolute atomic E-state index is 14.2. The number of hydrogen-bond donors (Lipinski definition) is 5. The van der Waals surface area contributed by atoms with Crippen LogP contribution in [0.4, 0.5) is 5.69 Å². The monoisotopic (exact) mass is 758 g/mol. The summed E-state index contributed by atoms with van der Waals surface area (Å²) in [6.07, 6.45) is 3.10. The molecule has 1 unspecified atom stereocenters. The van der Waals surface area contributed by atoms with Gasteiger partial charge in [0.2, 0.25) is 11.8 Å². The number of carbonyl (C=O) groups excluding carboxylic acids is 4. The van der Waals surface area contributed by atoms with E-state index < -0.39 is 48.0 Å². The van der Waals surface area contributed by atoms with Crippen LogP contribution in [0.5, 0.6) is 5.75 Å². The van der Waals surface area contributed by atoms with Gasteiger partial charge < -0.3 is 36.2 Å². The minimum atomic E-state index is -1.01. The van der Waals surface area contributed by atoms with Crippen LogP contribution in [0.2, 0.25) is 0 Å². The number of amides is 3. The number of anilines is 1. The van der Waals surface area contributed by atoms with Crippen molar-refractivity contribution < 1.29 is 38.9 Å². The van der Waals surface area contributed by atoms with Gasteiger partial charge in [-0.3, -0.25) is 28.9 Å². The number of likely N-dealkylation sites (tertiary alicyclic amines) is 1. The number of phenolic OH excluding ortho intramolecular Hbond substituents is 1. The topological polar surface area (TPSA) is 204 Å². The lowest BCUT2D eigenvalue weighted by atomic mass is 9.92. The van der Waals surface area contributed by atoms with Crippen molar-refractivity contribution in [3.63, 3.8) is 0 Å². The van der Waals surface area contributed by atoms with Gasteiger partial charge in [0.15, 0.2) is 6.10 Å². The molecular formula is C38H58N6O8S. The number of aromatic hydroxyl groups is 1. The van der Waals surface area contributed by atoms with Crippen molar-refractivity contribution in [2.45, 2.75) is 117 Å². The van der Waals surface area contributed by atoms with Crippen LogP contribution in [0.1, 0.15) is 107 Å². The first-order valence-electron chi connectivity index (χ1n) is 18.4. The van der Waals surface area contributed by atoms with E-state index in [0.29, 0.717) is 17.0 Å². The number of rotatable bonds is 18. The summed E-state index contributed by atoms with van der Waals surface area (Å²) in [5.41, 5.74) is 6.80. The van der Waals surface area contributed by atoms with Gasteiger partial charge in [0, 0.05) is 37.9 Å². The van der Waals surface area contributed by atoms with Gasteiger partial charge in [-0.05, 0) is 68.8 Å². The van der Waals surface area contributed by atoms with Gasteiger partial charge in [-0.1, -0.05) is 53.5 Å². The van der Waals surface area contributed by atoms with Crippen LogP contribution in [-0.4, -0.2) is 99.5 Å². The quantitative estimate of drug-likeness (QED) is 0.0820. The van der Waals surface area contributed by atoms with E-state index in [4.69, 9.17) is 10.5 Å². The normalized spacial score (nSPS) is 18.2. The van der Waals surface area contributed by atoms with Crippen LogP contribution in [-0.2, 0) is 30.3 Å². The molecule has 0 bridgehead atoms. The second-order valence-corrected chi connectivity index (χ2v) is 15.7.